The second-order valence-corrected chi connectivity index (χ2v) is 3.09. The molecule has 1 N–H and O–H groups in total. The molecule has 1 fully saturated rings. The SMILES string of the molecule is CNC(=O)N1CCCCC1C. The molecule has 1 saturated heterocycles. The van der Waals surface area contributed by atoms with Gasteiger partial charge in [-0.1, -0.05) is 0 Å². The fourth-order valence-electron chi connectivity index (χ4n) is 1.54. The van der Waals surface area contributed by atoms with Crippen molar-refractivity contribution < 1.29 is 4.79 Å². The van der Waals surface area contributed by atoms with Gasteiger partial charge in [0, 0.05) is 19.6 Å². The van der Waals surface area contributed by atoms with Crippen LogP contribution in [-0.2, 0) is 0 Å². The van der Waals surface area contributed by atoms with Crippen LogP contribution in [0.2, 0.25) is 0 Å². The lowest BCUT2D eigenvalue weighted by atomic mass is 10.0. The third-order valence-electron chi connectivity index (χ3n) is 2.28. The van der Waals surface area contributed by atoms with Crippen LogP contribution in [0.1, 0.15) is 26.2 Å². The van der Waals surface area contributed by atoms with Crippen LogP contribution in [0.4, 0.5) is 4.79 Å². The summed E-state index contributed by atoms with van der Waals surface area (Å²) in [6, 6.07) is 0.487. The summed E-state index contributed by atoms with van der Waals surface area (Å²) in [6.07, 6.45) is 3.56. The fourth-order valence-corrected chi connectivity index (χ4v) is 1.54. The van der Waals surface area contributed by atoms with Crippen molar-refractivity contribution in [2.75, 3.05) is 13.6 Å². The van der Waals surface area contributed by atoms with Gasteiger partial charge < -0.3 is 10.2 Å². The van der Waals surface area contributed by atoms with Gasteiger partial charge >= 0.3 is 6.03 Å². The van der Waals surface area contributed by atoms with E-state index in [-0.39, 0.29) is 6.03 Å². The maximum atomic E-state index is 11.2. The first-order valence-corrected chi connectivity index (χ1v) is 4.24. The van der Waals surface area contributed by atoms with E-state index in [0.717, 1.165) is 19.4 Å². The molecule has 3 nitrogen and oxygen atoms in total. The molecular formula is C8H16N2O. The van der Waals surface area contributed by atoms with Crippen molar-refractivity contribution in [2.24, 2.45) is 0 Å². The third kappa shape index (κ3) is 1.85. The molecule has 11 heavy (non-hydrogen) atoms. The summed E-state index contributed by atoms with van der Waals surface area (Å²) in [4.78, 5) is 13.1. The molecule has 0 aliphatic carbocycles. The summed E-state index contributed by atoms with van der Waals surface area (Å²) >= 11 is 0. The molecule has 0 aromatic rings. The summed E-state index contributed by atoms with van der Waals surface area (Å²) in [6.45, 7) is 3.02. The first kappa shape index (κ1) is 8.37. The van der Waals surface area contributed by atoms with Crippen LogP contribution in [0.5, 0.6) is 0 Å². The summed E-state index contributed by atoms with van der Waals surface area (Å²) in [7, 11) is 1.68. The fraction of sp³-hybridized carbons (Fsp3) is 0.875. The van der Waals surface area contributed by atoms with E-state index in [1.54, 1.807) is 7.05 Å². The van der Waals surface area contributed by atoms with Gasteiger partial charge in [0.25, 0.3) is 0 Å². The minimum atomic E-state index is 0.0669. The highest BCUT2D eigenvalue weighted by molar-refractivity contribution is 5.74. The topological polar surface area (TPSA) is 32.3 Å². The molecule has 1 heterocycles. The van der Waals surface area contributed by atoms with Crippen LogP contribution in [0.15, 0.2) is 0 Å². The van der Waals surface area contributed by atoms with Crippen molar-refractivity contribution in [3.63, 3.8) is 0 Å². The monoisotopic (exact) mass is 156 g/mol. The molecule has 0 spiro atoms. The maximum Gasteiger partial charge on any atom is 0.317 e. The number of likely N-dealkylation sites (tertiary alicyclic amines) is 1. The van der Waals surface area contributed by atoms with Crippen LogP contribution in [0.25, 0.3) is 0 Å². The number of hydrogen-bond donors (Lipinski definition) is 1. The number of nitrogens with zero attached hydrogens (tertiary/aromatic N) is 1. The van der Waals surface area contributed by atoms with Crippen LogP contribution in [-0.4, -0.2) is 30.6 Å². The molecular weight excluding hydrogens is 140 g/mol. The molecule has 64 valence electrons. The Hall–Kier alpha value is -0.730. The van der Waals surface area contributed by atoms with E-state index < -0.39 is 0 Å². The number of hydrogen-bond acceptors (Lipinski definition) is 1. The Bertz CT molecular complexity index is 147. The van der Waals surface area contributed by atoms with E-state index in [4.69, 9.17) is 0 Å². The summed E-state index contributed by atoms with van der Waals surface area (Å²) in [5, 5.41) is 2.65. The number of urea groups is 1. The van der Waals surface area contributed by atoms with Crippen LogP contribution < -0.4 is 5.32 Å². The van der Waals surface area contributed by atoms with Crippen molar-refractivity contribution in [2.45, 2.75) is 32.2 Å². The number of carbonyl (C=O) groups is 1. The zero-order valence-electron chi connectivity index (χ0n) is 7.26. The van der Waals surface area contributed by atoms with E-state index in [9.17, 15) is 4.79 Å². The lowest BCUT2D eigenvalue weighted by molar-refractivity contribution is 0.160. The van der Waals surface area contributed by atoms with E-state index in [2.05, 4.69) is 12.2 Å². The van der Waals surface area contributed by atoms with Gasteiger partial charge in [-0.15, -0.1) is 0 Å². The van der Waals surface area contributed by atoms with Crippen molar-refractivity contribution >= 4 is 6.03 Å². The molecule has 1 rings (SSSR count). The van der Waals surface area contributed by atoms with Gasteiger partial charge in [-0.25, -0.2) is 4.79 Å². The lowest BCUT2D eigenvalue weighted by Gasteiger charge is -2.32. The van der Waals surface area contributed by atoms with Gasteiger partial charge in [0.15, 0.2) is 0 Å². The molecule has 3 heteroatoms. The third-order valence-corrected chi connectivity index (χ3v) is 2.28. The van der Waals surface area contributed by atoms with Crippen molar-refractivity contribution in [1.29, 1.82) is 0 Å². The minimum Gasteiger partial charge on any atom is -0.341 e. The Morgan fingerprint density at radius 3 is 2.82 bits per heavy atom. The van der Waals surface area contributed by atoms with Gasteiger partial charge in [-0.2, -0.15) is 0 Å². The Kier molecular flexibility index (Phi) is 2.74. The summed E-state index contributed by atoms with van der Waals surface area (Å²) < 4.78 is 0. The van der Waals surface area contributed by atoms with Gasteiger partial charge in [0.05, 0.1) is 0 Å². The number of carbonyl (C=O) groups excluding carboxylic acids is 1. The standard InChI is InChI=1S/C8H16N2O/c1-7-5-3-4-6-10(7)8(11)9-2/h7H,3-6H2,1-2H3,(H,9,11). The molecule has 0 aromatic heterocycles. The number of amides is 2. The molecule has 0 bridgehead atoms. The van der Waals surface area contributed by atoms with E-state index in [0.29, 0.717) is 6.04 Å². The minimum absolute atomic E-state index is 0.0669. The number of piperidine rings is 1. The molecule has 0 aromatic carbocycles. The van der Waals surface area contributed by atoms with Gasteiger partial charge in [0.2, 0.25) is 0 Å². The average Bonchev–Trinajstić information content (AvgIpc) is 2.04. The Labute approximate surface area is 67.8 Å². The first-order valence-electron chi connectivity index (χ1n) is 4.24. The number of rotatable bonds is 0. The van der Waals surface area contributed by atoms with Crippen molar-refractivity contribution in [3.8, 4) is 0 Å². The normalized spacial score (nSPS) is 24.9. The van der Waals surface area contributed by atoms with Gasteiger partial charge in [0.1, 0.15) is 0 Å². The molecule has 1 aliphatic heterocycles. The summed E-state index contributed by atoms with van der Waals surface area (Å²) in [5.74, 6) is 0. The molecule has 1 atom stereocenters. The lowest BCUT2D eigenvalue weighted by Crippen LogP contribution is -2.46. The van der Waals surface area contributed by atoms with Crippen molar-refractivity contribution in [3.05, 3.63) is 0 Å². The van der Waals surface area contributed by atoms with Gasteiger partial charge in [-0.05, 0) is 26.2 Å². The van der Waals surface area contributed by atoms with Crippen LogP contribution >= 0.6 is 0 Å². The molecule has 1 aliphatic rings. The maximum absolute atomic E-state index is 11.2. The largest absolute Gasteiger partial charge is 0.341 e. The zero-order valence-corrected chi connectivity index (χ0v) is 7.26. The molecule has 1 unspecified atom stereocenters. The highest BCUT2D eigenvalue weighted by Crippen LogP contribution is 2.15. The first-order chi connectivity index (χ1) is 5.25. The Morgan fingerprint density at radius 1 is 1.55 bits per heavy atom. The molecule has 0 radical (unpaired) electrons. The second kappa shape index (κ2) is 3.60. The second-order valence-electron chi connectivity index (χ2n) is 3.09. The molecule has 2 amide bonds. The smallest absolute Gasteiger partial charge is 0.317 e. The van der Waals surface area contributed by atoms with E-state index in [1.807, 2.05) is 4.90 Å². The number of nitrogens with one attached hydrogen (secondary N) is 1. The van der Waals surface area contributed by atoms with Crippen LogP contribution in [0, 0.1) is 0 Å². The van der Waals surface area contributed by atoms with Crippen LogP contribution in [0.3, 0.4) is 0 Å². The van der Waals surface area contributed by atoms with E-state index >= 15 is 0 Å². The molecule has 0 saturated carbocycles. The average molecular weight is 156 g/mol. The van der Waals surface area contributed by atoms with Crippen molar-refractivity contribution in [1.82, 2.24) is 10.2 Å². The quantitative estimate of drug-likeness (QED) is 0.561. The summed E-state index contributed by atoms with van der Waals surface area (Å²) in [5.41, 5.74) is 0. The van der Waals surface area contributed by atoms with E-state index in [1.165, 1.54) is 6.42 Å². The van der Waals surface area contributed by atoms with Gasteiger partial charge in [-0.3, -0.25) is 0 Å². The Morgan fingerprint density at radius 2 is 2.27 bits per heavy atom. The highest BCUT2D eigenvalue weighted by atomic mass is 16.2. The zero-order chi connectivity index (χ0) is 8.27. The highest BCUT2D eigenvalue weighted by Gasteiger charge is 2.21. The predicted molar refractivity (Wildman–Crippen MR) is 44.5 cm³/mol. The Balaban J connectivity index is 2.47. The predicted octanol–water partition coefficient (Wildman–Crippen LogP) is 1.20.